The van der Waals surface area contributed by atoms with Crippen molar-refractivity contribution in [3.8, 4) is 0 Å². The summed E-state index contributed by atoms with van der Waals surface area (Å²) in [4.78, 5) is 0. The molecule has 0 aliphatic heterocycles. The Hall–Kier alpha value is -0.550. The average molecular weight is 343 g/mol. The summed E-state index contributed by atoms with van der Waals surface area (Å²) in [5, 5.41) is 7.20. The van der Waals surface area contributed by atoms with Gasteiger partial charge < -0.3 is 9.47 Å². The Labute approximate surface area is 114 Å². The van der Waals surface area contributed by atoms with Gasteiger partial charge in [0.15, 0.2) is 4.60 Å². The van der Waals surface area contributed by atoms with E-state index in [0.29, 0.717) is 13.2 Å². The highest BCUT2D eigenvalue weighted by Gasteiger charge is 2.23. The Morgan fingerprint density at radius 2 is 2.11 bits per heavy atom. The summed E-state index contributed by atoms with van der Waals surface area (Å²) in [6.07, 6.45) is 0. The fourth-order valence-electron chi connectivity index (χ4n) is 1.17. The van der Waals surface area contributed by atoms with Crippen LogP contribution in [0.15, 0.2) is 9.63 Å². The summed E-state index contributed by atoms with van der Waals surface area (Å²) < 4.78 is 37.5. The molecule has 0 unspecified atom stereocenters. The fraction of sp³-hybridized carbons (Fsp3) is 0.750. The van der Waals surface area contributed by atoms with Crippen molar-refractivity contribution in [2.45, 2.75) is 5.03 Å². The number of ether oxygens (including phenoxy) is 2. The monoisotopic (exact) mass is 342 g/mol. The molecule has 0 atom stereocenters. The third-order valence-corrected chi connectivity index (χ3v) is 4.31. The molecule has 0 fully saturated rings. The molecule has 8 nitrogen and oxygen atoms in total. The van der Waals surface area contributed by atoms with Gasteiger partial charge in [0, 0.05) is 20.7 Å². The Morgan fingerprint density at radius 1 is 1.39 bits per heavy atom. The molecular weight excluding hydrogens is 328 g/mol. The predicted octanol–water partition coefficient (Wildman–Crippen LogP) is -0.481. The van der Waals surface area contributed by atoms with Gasteiger partial charge in [-0.1, -0.05) is 5.21 Å². The van der Waals surface area contributed by atoms with E-state index in [9.17, 15) is 8.42 Å². The standard InChI is InChI=1S/C8H15BrN4O4S/c1-13-8(7(9)11-12-13)18(14,15)10-3-4-17-6-5-16-2/h10H,3-6H2,1-2H3. The van der Waals surface area contributed by atoms with Crippen molar-refractivity contribution in [3.63, 3.8) is 0 Å². The van der Waals surface area contributed by atoms with Gasteiger partial charge in [0.1, 0.15) is 0 Å². The number of sulfonamides is 1. The summed E-state index contributed by atoms with van der Waals surface area (Å²) in [6.45, 7) is 1.34. The Morgan fingerprint density at radius 3 is 2.67 bits per heavy atom. The van der Waals surface area contributed by atoms with Gasteiger partial charge in [-0.25, -0.2) is 17.8 Å². The first kappa shape index (κ1) is 15.5. The van der Waals surface area contributed by atoms with Crippen molar-refractivity contribution in [1.82, 2.24) is 19.7 Å². The Kier molecular flexibility index (Phi) is 6.15. The lowest BCUT2D eigenvalue weighted by molar-refractivity contribution is 0.0736. The lowest BCUT2D eigenvalue weighted by Crippen LogP contribution is -2.29. The van der Waals surface area contributed by atoms with Crippen molar-refractivity contribution in [3.05, 3.63) is 4.60 Å². The van der Waals surface area contributed by atoms with E-state index in [1.54, 1.807) is 7.11 Å². The largest absolute Gasteiger partial charge is 0.382 e. The van der Waals surface area contributed by atoms with E-state index in [-0.39, 0.29) is 22.8 Å². The minimum Gasteiger partial charge on any atom is -0.382 e. The number of hydrogen-bond donors (Lipinski definition) is 1. The van der Waals surface area contributed by atoms with Gasteiger partial charge >= 0.3 is 0 Å². The van der Waals surface area contributed by atoms with Crippen LogP contribution >= 0.6 is 15.9 Å². The summed E-state index contributed by atoms with van der Waals surface area (Å²) in [6, 6.07) is 0. The third-order valence-electron chi connectivity index (χ3n) is 1.96. The normalized spacial score (nSPS) is 11.9. The van der Waals surface area contributed by atoms with Crippen LogP contribution in [0.25, 0.3) is 0 Å². The molecule has 1 rings (SSSR count). The molecule has 0 saturated heterocycles. The highest BCUT2D eigenvalue weighted by molar-refractivity contribution is 9.10. The molecule has 0 radical (unpaired) electrons. The zero-order valence-electron chi connectivity index (χ0n) is 10.1. The maximum absolute atomic E-state index is 11.9. The topological polar surface area (TPSA) is 95.3 Å². The summed E-state index contributed by atoms with van der Waals surface area (Å²) in [5.41, 5.74) is 0. The van der Waals surface area contributed by atoms with Crippen LogP contribution < -0.4 is 4.72 Å². The van der Waals surface area contributed by atoms with Crippen LogP contribution in [0.5, 0.6) is 0 Å². The van der Waals surface area contributed by atoms with Gasteiger partial charge in [-0.05, 0) is 15.9 Å². The molecule has 18 heavy (non-hydrogen) atoms. The van der Waals surface area contributed by atoms with Gasteiger partial charge in [-0.2, -0.15) is 0 Å². The minimum atomic E-state index is -3.64. The molecule has 104 valence electrons. The number of nitrogens with one attached hydrogen (secondary N) is 1. The van der Waals surface area contributed by atoms with E-state index in [2.05, 4.69) is 31.0 Å². The van der Waals surface area contributed by atoms with Crippen LogP contribution in [0.1, 0.15) is 0 Å². The smallest absolute Gasteiger partial charge is 0.260 e. The molecule has 0 spiro atoms. The van der Waals surface area contributed by atoms with E-state index in [1.165, 1.54) is 11.7 Å². The molecule has 0 amide bonds. The van der Waals surface area contributed by atoms with Gasteiger partial charge in [0.25, 0.3) is 10.0 Å². The number of nitrogens with zero attached hydrogens (tertiary/aromatic N) is 3. The highest BCUT2D eigenvalue weighted by atomic mass is 79.9. The number of aromatic nitrogens is 3. The number of methoxy groups -OCH3 is 1. The maximum atomic E-state index is 11.9. The van der Waals surface area contributed by atoms with Crippen molar-refractivity contribution in [1.29, 1.82) is 0 Å². The minimum absolute atomic E-state index is 0.0145. The molecule has 0 aliphatic rings. The Bertz CT molecular complexity index is 456. The van der Waals surface area contributed by atoms with E-state index in [4.69, 9.17) is 9.47 Å². The first-order valence-electron chi connectivity index (χ1n) is 5.10. The zero-order valence-corrected chi connectivity index (χ0v) is 12.5. The highest BCUT2D eigenvalue weighted by Crippen LogP contribution is 2.17. The number of halogens is 1. The van der Waals surface area contributed by atoms with E-state index < -0.39 is 10.0 Å². The van der Waals surface area contributed by atoms with Crippen molar-refractivity contribution < 1.29 is 17.9 Å². The molecule has 1 aromatic heterocycles. The second-order valence-corrected chi connectivity index (χ2v) is 5.75. The van der Waals surface area contributed by atoms with E-state index in [0.717, 1.165) is 0 Å². The third kappa shape index (κ3) is 4.28. The first-order valence-corrected chi connectivity index (χ1v) is 7.38. The molecule has 0 aliphatic carbocycles. The molecule has 1 aromatic rings. The molecule has 0 aromatic carbocycles. The average Bonchev–Trinajstić information content (AvgIpc) is 2.64. The number of hydrogen-bond acceptors (Lipinski definition) is 6. The number of aryl methyl sites for hydroxylation is 1. The van der Waals surface area contributed by atoms with E-state index >= 15 is 0 Å². The van der Waals surface area contributed by atoms with E-state index in [1.807, 2.05) is 0 Å². The second kappa shape index (κ2) is 7.14. The van der Waals surface area contributed by atoms with Gasteiger partial charge in [-0.3, -0.25) is 0 Å². The Balaban J connectivity index is 2.46. The predicted molar refractivity (Wildman–Crippen MR) is 66.6 cm³/mol. The van der Waals surface area contributed by atoms with Crippen LogP contribution in [-0.2, 0) is 26.5 Å². The number of rotatable bonds is 8. The summed E-state index contributed by atoms with van der Waals surface area (Å²) in [7, 11) is -0.571. The lowest BCUT2D eigenvalue weighted by atomic mass is 10.7. The molecule has 10 heteroatoms. The van der Waals surface area contributed by atoms with Crippen LogP contribution in [0.2, 0.25) is 0 Å². The van der Waals surface area contributed by atoms with Crippen LogP contribution in [0, 0.1) is 0 Å². The van der Waals surface area contributed by atoms with Crippen LogP contribution in [0.4, 0.5) is 0 Å². The van der Waals surface area contributed by atoms with Crippen LogP contribution in [-0.4, -0.2) is 56.9 Å². The second-order valence-electron chi connectivity index (χ2n) is 3.31. The van der Waals surface area contributed by atoms with Gasteiger partial charge in [-0.15, -0.1) is 5.10 Å². The SMILES string of the molecule is COCCOCCNS(=O)(=O)c1c(Br)nnn1C. The summed E-state index contributed by atoms with van der Waals surface area (Å²) in [5.74, 6) is 0. The molecule has 1 heterocycles. The van der Waals surface area contributed by atoms with Gasteiger partial charge in [0.05, 0.1) is 19.8 Å². The van der Waals surface area contributed by atoms with Crippen molar-refractivity contribution >= 4 is 26.0 Å². The molecular formula is C8H15BrN4O4S. The molecule has 0 bridgehead atoms. The quantitative estimate of drug-likeness (QED) is 0.641. The lowest BCUT2D eigenvalue weighted by Gasteiger charge is -2.07. The summed E-state index contributed by atoms with van der Waals surface area (Å²) >= 11 is 3.03. The van der Waals surface area contributed by atoms with Crippen molar-refractivity contribution in [2.75, 3.05) is 33.5 Å². The zero-order chi connectivity index (χ0) is 13.6. The van der Waals surface area contributed by atoms with Crippen molar-refractivity contribution in [2.24, 2.45) is 7.05 Å². The fourth-order valence-corrected chi connectivity index (χ4v) is 3.27. The molecule has 1 N–H and O–H groups in total. The molecule has 0 saturated carbocycles. The van der Waals surface area contributed by atoms with Crippen LogP contribution in [0.3, 0.4) is 0 Å². The van der Waals surface area contributed by atoms with Gasteiger partial charge in [0.2, 0.25) is 5.03 Å². The maximum Gasteiger partial charge on any atom is 0.260 e. The first-order chi connectivity index (χ1) is 8.49.